The molecule has 3 saturated heterocycles. The molecule has 0 radical (unpaired) electrons. The van der Waals surface area contributed by atoms with Gasteiger partial charge in [0.2, 0.25) is 0 Å². The van der Waals surface area contributed by atoms with Crippen molar-refractivity contribution in [3.63, 3.8) is 0 Å². The molecule has 0 aliphatic carbocycles. The summed E-state index contributed by atoms with van der Waals surface area (Å²) in [4.78, 5) is 14.8. The van der Waals surface area contributed by atoms with Crippen LogP contribution in [0.5, 0.6) is 5.75 Å². The Morgan fingerprint density at radius 2 is 2.00 bits per heavy atom. The largest absolute Gasteiger partial charge is 0.496 e. The molecule has 3 aliphatic rings. The zero-order chi connectivity index (χ0) is 22.4. The Balaban J connectivity index is 1.43. The number of amides is 1. The average Bonchev–Trinajstić information content (AvgIpc) is 2.73. The lowest BCUT2D eigenvalue weighted by Gasteiger charge is -2.56. The van der Waals surface area contributed by atoms with Crippen LogP contribution in [0.25, 0.3) is 0 Å². The van der Waals surface area contributed by atoms with Crippen molar-refractivity contribution in [2.24, 2.45) is 5.41 Å². The van der Waals surface area contributed by atoms with Crippen molar-refractivity contribution in [1.82, 2.24) is 4.90 Å². The van der Waals surface area contributed by atoms with Crippen molar-refractivity contribution in [2.45, 2.75) is 76.3 Å². The van der Waals surface area contributed by atoms with Gasteiger partial charge in [-0.3, -0.25) is 4.79 Å². The first-order valence-electron chi connectivity index (χ1n) is 11.2. The summed E-state index contributed by atoms with van der Waals surface area (Å²) in [6.07, 6.45) is 3.84. The molecule has 1 aromatic carbocycles. The number of hydrogen-bond acceptors (Lipinski definition) is 5. The van der Waals surface area contributed by atoms with Crippen molar-refractivity contribution < 1.29 is 28.5 Å². The van der Waals surface area contributed by atoms with Gasteiger partial charge < -0.3 is 24.2 Å². The predicted molar refractivity (Wildman–Crippen MR) is 114 cm³/mol. The zero-order valence-electron chi connectivity index (χ0n) is 18.9. The van der Waals surface area contributed by atoms with E-state index in [1.165, 1.54) is 25.3 Å². The van der Waals surface area contributed by atoms with E-state index >= 15 is 0 Å². The van der Waals surface area contributed by atoms with Crippen molar-refractivity contribution in [2.75, 3.05) is 26.8 Å². The van der Waals surface area contributed by atoms with E-state index in [2.05, 4.69) is 6.92 Å². The first-order chi connectivity index (χ1) is 14.6. The van der Waals surface area contributed by atoms with Gasteiger partial charge in [-0.05, 0) is 76.5 Å². The molecule has 3 fully saturated rings. The van der Waals surface area contributed by atoms with E-state index in [0.29, 0.717) is 25.4 Å². The van der Waals surface area contributed by atoms with E-state index in [-0.39, 0.29) is 34.7 Å². The molecule has 0 saturated carbocycles. The van der Waals surface area contributed by atoms with Gasteiger partial charge >= 0.3 is 0 Å². The molecule has 3 atom stereocenters. The maximum atomic E-state index is 13.7. The van der Waals surface area contributed by atoms with Crippen LogP contribution in [0.15, 0.2) is 18.2 Å². The van der Waals surface area contributed by atoms with Crippen LogP contribution in [0, 0.1) is 11.2 Å². The average molecular weight is 436 g/mol. The third kappa shape index (κ3) is 4.32. The minimum Gasteiger partial charge on any atom is -0.496 e. The summed E-state index contributed by atoms with van der Waals surface area (Å²) in [5, 5.41) is 10.4. The summed E-state index contributed by atoms with van der Waals surface area (Å²) < 4.78 is 31.7. The van der Waals surface area contributed by atoms with Gasteiger partial charge in [0.15, 0.2) is 0 Å². The second kappa shape index (κ2) is 8.01. The molecular formula is C24H34FNO5. The summed E-state index contributed by atoms with van der Waals surface area (Å²) in [6, 6.07) is 4.03. The number of fused-ring (bicyclic) bond motifs is 1. The Kier molecular flexibility index (Phi) is 5.82. The number of carbonyl (C=O) groups excluding carboxylic acids is 1. The molecule has 0 bridgehead atoms. The highest BCUT2D eigenvalue weighted by molar-refractivity contribution is 5.97. The van der Waals surface area contributed by atoms with E-state index in [9.17, 15) is 14.3 Å². The highest BCUT2D eigenvalue weighted by atomic mass is 19.1. The number of rotatable bonds is 3. The van der Waals surface area contributed by atoms with Gasteiger partial charge in [0.05, 0.1) is 42.7 Å². The van der Waals surface area contributed by atoms with Crippen molar-refractivity contribution >= 4 is 5.91 Å². The maximum Gasteiger partial charge on any atom is 0.257 e. The lowest BCUT2D eigenvalue weighted by Crippen LogP contribution is -2.61. The number of ether oxygens (including phenoxy) is 3. The van der Waals surface area contributed by atoms with Crippen LogP contribution in [0.3, 0.4) is 0 Å². The molecule has 3 heterocycles. The standard InChI is InChI=1S/C24H34FNO5/c1-22(2,28)19-7-8-23(3)20(31-19)14-24(15-30-23)9-11-26(12-10-24)21(27)17-13-16(25)5-6-18(17)29-4/h5-6,13,19-20,28H,7-12,14-15H2,1-4H3/t19-,20-,23+/m0/s1. The number of methoxy groups -OCH3 is 1. The van der Waals surface area contributed by atoms with Gasteiger partial charge in [0.1, 0.15) is 11.6 Å². The van der Waals surface area contributed by atoms with Gasteiger partial charge in [-0.2, -0.15) is 0 Å². The third-order valence-corrected chi connectivity index (χ3v) is 7.53. The molecule has 172 valence electrons. The number of hydrogen-bond donors (Lipinski definition) is 1. The number of halogens is 1. The first-order valence-corrected chi connectivity index (χ1v) is 11.2. The normalized spacial score (nSPS) is 30.7. The molecule has 0 unspecified atom stereocenters. The Morgan fingerprint density at radius 1 is 1.29 bits per heavy atom. The number of nitrogens with zero attached hydrogens (tertiary/aromatic N) is 1. The molecular weight excluding hydrogens is 401 g/mol. The summed E-state index contributed by atoms with van der Waals surface area (Å²) in [5.41, 5.74) is -0.996. The van der Waals surface area contributed by atoms with Crippen molar-refractivity contribution in [3.8, 4) is 5.75 Å². The lowest BCUT2D eigenvalue weighted by atomic mass is 9.68. The van der Waals surface area contributed by atoms with Gasteiger partial charge in [0, 0.05) is 13.1 Å². The predicted octanol–water partition coefficient (Wildman–Crippen LogP) is 3.55. The summed E-state index contributed by atoms with van der Waals surface area (Å²) in [7, 11) is 1.48. The number of aliphatic hydroxyl groups is 1. The first kappa shape index (κ1) is 22.5. The topological polar surface area (TPSA) is 68.2 Å². The number of benzene rings is 1. The van der Waals surface area contributed by atoms with Crippen molar-refractivity contribution in [1.29, 1.82) is 0 Å². The minimum absolute atomic E-state index is 0.0472. The fourth-order valence-electron chi connectivity index (χ4n) is 5.26. The van der Waals surface area contributed by atoms with Crippen LogP contribution in [0.2, 0.25) is 0 Å². The van der Waals surface area contributed by atoms with Crippen LogP contribution < -0.4 is 4.74 Å². The minimum atomic E-state index is -0.883. The SMILES string of the molecule is COc1ccc(F)cc1C(=O)N1CCC2(CC1)CO[C@]1(C)CC[C@@H](C(C)(C)O)O[C@H]1C2. The van der Waals surface area contributed by atoms with E-state index in [1.54, 1.807) is 18.7 Å². The lowest BCUT2D eigenvalue weighted by molar-refractivity contribution is -0.271. The van der Waals surface area contributed by atoms with Crippen LogP contribution in [-0.4, -0.2) is 66.1 Å². The molecule has 31 heavy (non-hydrogen) atoms. The summed E-state index contributed by atoms with van der Waals surface area (Å²) in [6.45, 7) is 7.53. The number of likely N-dealkylation sites (tertiary alicyclic amines) is 1. The Hall–Kier alpha value is -1.70. The van der Waals surface area contributed by atoms with Crippen LogP contribution in [-0.2, 0) is 9.47 Å². The fourth-order valence-corrected chi connectivity index (χ4v) is 5.26. The molecule has 4 rings (SSSR count). The van der Waals surface area contributed by atoms with E-state index in [0.717, 1.165) is 32.1 Å². The van der Waals surface area contributed by atoms with Gasteiger partial charge in [-0.1, -0.05) is 0 Å². The third-order valence-electron chi connectivity index (χ3n) is 7.53. The second-order valence-corrected chi connectivity index (χ2v) is 10.2. The van der Waals surface area contributed by atoms with E-state index in [4.69, 9.17) is 14.2 Å². The van der Waals surface area contributed by atoms with E-state index < -0.39 is 11.4 Å². The molecule has 1 amide bonds. The Bertz CT molecular complexity index is 830. The van der Waals surface area contributed by atoms with Crippen LogP contribution in [0.4, 0.5) is 4.39 Å². The van der Waals surface area contributed by atoms with Gasteiger partial charge in [0.25, 0.3) is 5.91 Å². The summed E-state index contributed by atoms with van der Waals surface area (Å²) in [5.74, 6) is -0.270. The maximum absolute atomic E-state index is 13.7. The second-order valence-electron chi connectivity index (χ2n) is 10.2. The van der Waals surface area contributed by atoms with Crippen LogP contribution in [0.1, 0.15) is 63.2 Å². The number of carbonyl (C=O) groups is 1. The van der Waals surface area contributed by atoms with Crippen molar-refractivity contribution in [3.05, 3.63) is 29.6 Å². The highest BCUT2D eigenvalue weighted by Crippen LogP contribution is 2.49. The number of piperidine rings is 1. The quantitative estimate of drug-likeness (QED) is 0.786. The molecule has 1 spiro atoms. The van der Waals surface area contributed by atoms with Gasteiger partial charge in [-0.25, -0.2) is 4.39 Å². The fraction of sp³-hybridized carbons (Fsp3) is 0.708. The smallest absolute Gasteiger partial charge is 0.257 e. The zero-order valence-corrected chi connectivity index (χ0v) is 18.9. The molecule has 7 heteroatoms. The monoisotopic (exact) mass is 435 g/mol. The van der Waals surface area contributed by atoms with E-state index in [1.807, 2.05) is 0 Å². The molecule has 0 aromatic heterocycles. The highest BCUT2D eigenvalue weighted by Gasteiger charge is 2.53. The molecule has 6 nitrogen and oxygen atoms in total. The van der Waals surface area contributed by atoms with Gasteiger partial charge in [-0.15, -0.1) is 0 Å². The summed E-state index contributed by atoms with van der Waals surface area (Å²) >= 11 is 0. The molecule has 1 aromatic rings. The molecule has 1 N–H and O–H groups in total. The Labute approximate surface area is 183 Å². The van der Waals surface area contributed by atoms with Crippen LogP contribution >= 0.6 is 0 Å². The molecule has 3 aliphatic heterocycles. The Morgan fingerprint density at radius 3 is 2.65 bits per heavy atom.